The van der Waals surface area contributed by atoms with E-state index in [2.05, 4.69) is 4.98 Å². The number of rotatable bonds is 5. The Balaban J connectivity index is 0.00000172. The van der Waals surface area contributed by atoms with E-state index in [1.54, 1.807) is 19.1 Å². The number of hydrogen-bond donors (Lipinski definition) is 1. The molecule has 0 radical (unpaired) electrons. The van der Waals surface area contributed by atoms with Crippen LogP contribution in [0.4, 0.5) is 11.6 Å². The van der Waals surface area contributed by atoms with E-state index in [4.69, 9.17) is 37.6 Å². The molecule has 1 unspecified atom stereocenters. The highest BCUT2D eigenvalue weighted by Gasteiger charge is 2.51. The largest absolute Gasteiger partial charge is 0.494 e. The van der Waals surface area contributed by atoms with Crippen molar-refractivity contribution in [1.29, 1.82) is 0 Å². The zero-order valence-corrected chi connectivity index (χ0v) is 24.9. The van der Waals surface area contributed by atoms with Gasteiger partial charge < -0.3 is 9.31 Å². The molecule has 1 fully saturated rings. The van der Waals surface area contributed by atoms with Crippen LogP contribution >= 0.6 is 23.2 Å². The van der Waals surface area contributed by atoms with Crippen LogP contribution in [0.3, 0.4) is 0 Å². The summed E-state index contributed by atoms with van der Waals surface area (Å²) in [4.78, 5) is 19.5. The normalized spacial score (nSPS) is 22.1. The average Bonchev–Trinajstić information content (AvgIpc) is 3.47. The molecule has 13 heteroatoms. The van der Waals surface area contributed by atoms with Gasteiger partial charge in [0.2, 0.25) is 5.95 Å². The summed E-state index contributed by atoms with van der Waals surface area (Å²) in [6.45, 7) is 11.6. The molecule has 3 aromatic rings. The first-order chi connectivity index (χ1) is 18.2. The molecule has 5 rings (SSSR count). The lowest BCUT2D eigenvalue weighted by Crippen LogP contribution is -2.42. The lowest BCUT2D eigenvalue weighted by Gasteiger charge is -2.26. The molecule has 2 atom stereocenters. The second-order valence-corrected chi connectivity index (χ2v) is 12.4. The fraction of sp³-hybridized carbons (Fsp3) is 0.385. The molecule has 0 bridgehead atoms. The summed E-state index contributed by atoms with van der Waals surface area (Å²) in [5.41, 5.74) is 0.216. The summed E-state index contributed by atoms with van der Waals surface area (Å²) >= 11 is 12.4. The minimum absolute atomic E-state index is 0.0746. The molecule has 1 aromatic heterocycles. The van der Waals surface area contributed by atoms with E-state index < -0.39 is 34.2 Å². The highest BCUT2D eigenvalue weighted by Crippen LogP contribution is 2.44. The van der Waals surface area contributed by atoms with Crippen LogP contribution in [0.1, 0.15) is 47.1 Å². The Morgan fingerprint density at radius 1 is 1.08 bits per heavy atom. The van der Waals surface area contributed by atoms with E-state index in [1.807, 2.05) is 58.9 Å². The van der Waals surface area contributed by atoms with Crippen LogP contribution in [0.25, 0.3) is 0 Å². The van der Waals surface area contributed by atoms with Crippen LogP contribution in [-0.2, 0) is 36.1 Å². The molecule has 1 saturated heterocycles. The highest BCUT2D eigenvalue weighted by atomic mass is 35.5. The van der Waals surface area contributed by atoms with Gasteiger partial charge in [0, 0.05) is 16.5 Å². The van der Waals surface area contributed by atoms with Crippen molar-refractivity contribution in [3.63, 3.8) is 0 Å². The minimum atomic E-state index is -4.19. The zero-order valence-electron chi connectivity index (χ0n) is 22.6. The number of halogens is 2. The van der Waals surface area contributed by atoms with Crippen molar-refractivity contribution in [3.05, 3.63) is 64.3 Å². The Bertz CT molecular complexity index is 1490. The van der Waals surface area contributed by atoms with Crippen LogP contribution in [-0.4, -0.2) is 42.7 Å². The third-order valence-electron chi connectivity index (χ3n) is 6.98. The van der Waals surface area contributed by atoms with Gasteiger partial charge in [-0.25, -0.2) is 23.4 Å². The summed E-state index contributed by atoms with van der Waals surface area (Å²) in [6.07, 6.45) is 1.24. The fourth-order valence-corrected chi connectivity index (χ4v) is 5.97. The summed E-state index contributed by atoms with van der Waals surface area (Å²) < 4.78 is 38.2. The van der Waals surface area contributed by atoms with E-state index >= 15 is 0 Å². The smallest absolute Gasteiger partial charge is 0.402 e. The maximum atomic E-state index is 13.9. The van der Waals surface area contributed by atoms with Gasteiger partial charge in [0.25, 0.3) is 15.9 Å². The number of hydrogen-bond acceptors (Lipinski definition) is 6. The van der Waals surface area contributed by atoms with Gasteiger partial charge in [0.05, 0.1) is 23.6 Å². The number of carbonyl (C=O) groups excluding carboxylic acids is 1. The first kappa shape index (κ1) is 29.6. The number of fused-ring (bicyclic) bond motifs is 1. The highest BCUT2D eigenvalue weighted by molar-refractivity contribution is 7.89. The van der Waals surface area contributed by atoms with E-state index in [0.717, 1.165) is 17.2 Å². The number of nitrogens with zero attached hydrogens (tertiary/aromatic N) is 3. The molecule has 0 saturated carbocycles. The number of anilines is 2. The number of carbonyl (C=O) groups is 1. The molecular formula is C26H31BCl2N4O5S. The predicted octanol–water partition coefficient (Wildman–Crippen LogP) is 4.41. The number of nitrogens with two attached hydrogens (primary N) is 1. The molecule has 0 aliphatic carbocycles. The number of imidazole rings is 1. The van der Waals surface area contributed by atoms with Crippen molar-refractivity contribution in [2.24, 2.45) is 5.14 Å². The predicted molar refractivity (Wildman–Crippen MR) is 153 cm³/mol. The monoisotopic (exact) mass is 592 g/mol. The van der Waals surface area contributed by atoms with Crippen molar-refractivity contribution < 1.29 is 22.5 Å². The summed E-state index contributed by atoms with van der Waals surface area (Å²) in [5, 5.41) is 5.87. The number of amides is 1. The number of benzene rings is 2. The van der Waals surface area contributed by atoms with Gasteiger partial charge in [-0.3, -0.25) is 9.36 Å². The first-order valence-electron chi connectivity index (χ1n) is 12.5. The SMILES string of the molecule is CC.CC1OB(c2ccc(C[C@]3(C)C(=O)N(c4cc(Cl)cc(Cl)c4)c4ncc(S(N)(=O)=O)n43)cc2)OC1(C)C. The molecule has 2 aromatic carbocycles. The van der Waals surface area contributed by atoms with E-state index in [0.29, 0.717) is 15.7 Å². The Labute approximate surface area is 239 Å². The van der Waals surface area contributed by atoms with Crippen LogP contribution < -0.4 is 15.5 Å². The van der Waals surface area contributed by atoms with E-state index in [9.17, 15) is 13.2 Å². The second kappa shape index (κ2) is 10.5. The maximum absolute atomic E-state index is 13.9. The van der Waals surface area contributed by atoms with Gasteiger partial charge in [-0.15, -0.1) is 0 Å². The van der Waals surface area contributed by atoms with Gasteiger partial charge in [0.15, 0.2) is 5.03 Å². The maximum Gasteiger partial charge on any atom is 0.494 e. The van der Waals surface area contributed by atoms with E-state index in [-0.39, 0.29) is 23.5 Å². The van der Waals surface area contributed by atoms with Gasteiger partial charge in [0.1, 0.15) is 5.54 Å². The molecule has 208 valence electrons. The average molecular weight is 593 g/mol. The topological polar surface area (TPSA) is 117 Å². The minimum Gasteiger partial charge on any atom is -0.402 e. The van der Waals surface area contributed by atoms with Crippen molar-refractivity contribution in [2.75, 3.05) is 4.90 Å². The number of sulfonamides is 1. The lowest BCUT2D eigenvalue weighted by molar-refractivity contribution is -0.124. The first-order valence-corrected chi connectivity index (χ1v) is 14.8. The molecule has 3 heterocycles. The molecule has 2 aliphatic heterocycles. The Morgan fingerprint density at radius 2 is 1.67 bits per heavy atom. The molecule has 39 heavy (non-hydrogen) atoms. The van der Waals surface area contributed by atoms with Crippen molar-refractivity contribution in [3.8, 4) is 0 Å². The number of aromatic nitrogens is 2. The van der Waals surface area contributed by atoms with Gasteiger partial charge in [-0.2, -0.15) is 0 Å². The third-order valence-corrected chi connectivity index (χ3v) is 8.29. The van der Waals surface area contributed by atoms with Crippen LogP contribution in [0.2, 0.25) is 10.0 Å². The van der Waals surface area contributed by atoms with Crippen LogP contribution in [0, 0.1) is 0 Å². The lowest BCUT2D eigenvalue weighted by atomic mass is 9.78. The quantitative estimate of drug-likeness (QED) is 0.439. The van der Waals surface area contributed by atoms with Gasteiger partial charge in [-0.1, -0.05) is 61.3 Å². The standard InChI is InChI=1S/C24H25BCl2N4O5S.C2H6/c1-14-23(2,3)36-25(35-14)16-7-5-15(6-8-16)12-24(4)21(32)30(19-10-17(26)9-18(27)11-19)22-29-13-20(31(22)24)37(28,33)34;1-2/h5-11,13-14H,12H2,1-4H3,(H2,28,33,34);1-2H3/t14?,24-;/m1./s1. The molecule has 2 aliphatic rings. The van der Waals surface area contributed by atoms with Crippen LogP contribution in [0.15, 0.2) is 53.7 Å². The number of primary sulfonamides is 1. The van der Waals surface area contributed by atoms with Gasteiger partial charge >= 0.3 is 7.12 Å². The van der Waals surface area contributed by atoms with Crippen LogP contribution in [0.5, 0.6) is 0 Å². The molecule has 0 spiro atoms. The van der Waals surface area contributed by atoms with E-state index in [1.165, 1.54) is 15.5 Å². The Morgan fingerprint density at radius 3 is 2.18 bits per heavy atom. The zero-order chi connectivity index (χ0) is 28.9. The molecule has 9 nitrogen and oxygen atoms in total. The molecule has 1 amide bonds. The summed E-state index contributed by atoms with van der Waals surface area (Å²) in [7, 11) is -4.69. The van der Waals surface area contributed by atoms with Crippen molar-refractivity contribution in [1.82, 2.24) is 9.55 Å². The summed E-state index contributed by atoms with van der Waals surface area (Å²) in [5.74, 6) is -0.295. The second-order valence-electron chi connectivity index (χ2n) is 10.1. The fourth-order valence-electron chi connectivity index (χ4n) is 4.72. The van der Waals surface area contributed by atoms with Crippen molar-refractivity contribution >= 4 is 63.3 Å². The van der Waals surface area contributed by atoms with Gasteiger partial charge in [-0.05, 0) is 56.9 Å². The Hall–Kier alpha value is -2.41. The summed E-state index contributed by atoms with van der Waals surface area (Å²) in [6, 6.07) is 12.1. The molecular weight excluding hydrogens is 562 g/mol. The molecule has 2 N–H and O–H groups in total. The Kier molecular flexibility index (Phi) is 7.99. The third kappa shape index (κ3) is 5.36. The van der Waals surface area contributed by atoms with Crippen molar-refractivity contribution in [2.45, 2.75) is 70.2 Å².